The molecule has 1 unspecified atom stereocenters. The number of hydrazine groups is 1. The van der Waals surface area contributed by atoms with E-state index in [0.29, 0.717) is 6.04 Å². The molecule has 1 aromatic rings. The Morgan fingerprint density at radius 2 is 2.20 bits per heavy atom. The smallest absolute Gasteiger partial charge is 0.0311 e. The van der Waals surface area contributed by atoms with Crippen molar-refractivity contribution < 1.29 is 0 Å². The maximum Gasteiger partial charge on any atom is 0.0311 e. The van der Waals surface area contributed by atoms with Crippen molar-refractivity contribution in [1.82, 2.24) is 5.43 Å². The summed E-state index contributed by atoms with van der Waals surface area (Å²) in [7, 11) is 0. The first-order chi connectivity index (χ1) is 7.27. The molecule has 0 aliphatic heterocycles. The summed E-state index contributed by atoms with van der Waals surface area (Å²) in [6.45, 7) is 2.17. The minimum atomic E-state index is 0.395. The lowest BCUT2D eigenvalue weighted by atomic mass is 10.2. The molecule has 3 N–H and O–H groups in total. The average Bonchev–Trinajstić information content (AvgIpc) is 2.26. The van der Waals surface area contributed by atoms with E-state index >= 15 is 0 Å². The van der Waals surface area contributed by atoms with Crippen molar-refractivity contribution in [3.05, 3.63) is 28.7 Å². The zero-order chi connectivity index (χ0) is 11.1. The van der Waals surface area contributed by atoms with Crippen molar-refractivity contribution in [3.63, 3.8) is 0 Å². The molecular formula is C11H17BrN2S. The van der Waals surface area contributed by atoms with Crippen molar-refractivity contribution in [1.29, 1.82) is 0 Å². The lowest BCUT2D eigenvalue weighted by Crippen LogP contribution is -2.36. The molecular weight excluding hydrogens is 272 g/mol. The molecule has 0 heterocycles. The quantitative estimate of drug-likeness (QED) is 0.480. The van der Waals surface area contributed by atoms with Gasteiger partial charge in [0, 0.05) is 21.2 Å². The van der Waals surface area contributed by atoms with Crippen LogP contribution < -0.4 is 11.3 Å². The molecule has 0 aliphatic carbocycles. The molecule has 0 fully saturated rings. The summed E-state index contributed by atoms with van der Waals surface area (Å²) < 4.78 is 1.15. The SMILES string of the molecule is CCCC(CSc1ccccc1Br)NN. The topological polar surface area (TPSA) is 38.0 Å². The maximum atomic E-state index is 5.49. The third-order valence-electron chi connectivity index (χ3n) is 2.15. The van der Waals surface area contributed by atoms with Crippen LogP contribution in [0.1, 0.15) is 19.8 Å². The van der Waals surface area contributed by atoms with E-state index in [4.69, 9.17) is 5.84 Å². The number of benzene rings is 1. The standard InChI is InChI=1S/C11H17BrN2S/c1-2-5-9(14-13)8-15-11-7-4-3-6-10(11)12/h3-4,6-7,9,14H,2,5,8,13H2,1H3. The number of nitrogens with two attached hydrogens (primary N) is 1. The molecule has 1 aromatic carbocycles. The van der Waals surface area contributed by atoms with E-state index in [2.05, 4.69) is 46.5 Å². The molecule has 4 heteroatoms. The van der Waals surface area contributed by atoms with Gasteiger partial charge < -0.3 is 0 Å². The van der Waals surface area contributed by atoms with Crippen LogP contribution in [0.4, 0.5) is 0 Å². The first-order valence-electron chi connectivity index (χ1n) is 5.11. The van der Waals surface area contributed by atoms with Gasteiger partial charge in [0.05, 0.1) is 0 Å². The van der Waals surface area contributed by atoms with Crippen molar-refractivity contribution in [2.45, 2.75) is 30.7 Å². The van der Waals surface area contributed by atoms with E-state index in [1.807, 2.05) is 17.8 Å². The predicted octanol–water partition coefficient (Wildman–Crippen LogP) is 3.17. The van der Waals surface area contributed by atoms with Gasteiger partial charge in [-0.05, 0) is 34.5 Å². The van der Waals surface area contributed by atoms with E-state index in [1.54, 1.807) is 0 Å². The van der Waals surface area contributed by atoms with Crippen LogP contribution in [0.15, 0.2) is 33.6 Å². The highest BCUT2D eigenvalue weighted by molar-refractivity contribution is 9.10. The Morgan fingerprint density at radius 1 is 1.47 bits per heavy atom. The molecule has 2 nitrogen and oxygen atoms in total. The highest BCUT2D eigenvalue weighted by atomic mass is 79.9. The lowest BCUT2D eigenvalue weighted by molar-refractivity contribution is 0.532. The monoisotopic (exact) mass is 288 g/mol. The Labute approximate surface area is 104 Å². The molecule has 0 bridgehead atoms. The normalized spacial score (nSPS) is 12.7. The van der Waals surface area contributed by atoms with Gasteiger partial charge in [0.25, 0.3) is 0 Å². The van der Waals surface area contributed by atoms with E-state index in [-0.39, 0.29) is 0 Å². The largest absolute Gasteiger partial charge is 0.271 e. The second-order valence-corrected chi connectivity index (χ2v) is 5.31. The molecule has 1 atom stereocenters. The third kappa shape index (κ3) is 4.55. The van der Waals surface area contributed by atoms with Gasteiger partial charge in [0.2, 0.25) is 0 Å². The van der Waals surface area contributed by atoms with Crippen molar-refractivity contribution in [3.8, 4) is 0 Å². The van der Waals surface area contributed by atoms with E-state index in [9.17, 15) is 0 Å². The Hall–Kier alpha value is -0.0300. The summed E-state index contributed by atoms with van der Waals surface area (Å²) in [5, 5.41) is 0. The third-order valence-corrected chi connectivity index (χ3v) is 4.34. The molecule has 84 valence electrons. The number of thioether (sulfide) groups is 1. The summed E-state index contributed by atoms with van der Waals surface area (Å²) in [4.78, 5) is 1.27. The molecule has 0 saturated carbocycles. The Balaban J connectivity index is 2.45. The Bertz CT molecular complexity index is 294. The minimum absolute atomic E-state index is 0.395. The first-order valence-corrected chi connectivity index (χ1v) is 6.89. The van der Waals surface area contributed by atoms with Gasteiger partial charge in [-0.25, -0.2) is 0 Å². The van der Waals surface area contributed by atoms with Crippen LogP contribution in [0.5, 0.6) is 0 Å². The van der Waals surface area contributed by atoms with E-state index in [1.165, 1.54) is 4.90 Å². The summed E-state index contributed by atoms with van der Waals surface area (Å²) in [5.41, 5.74) is 2.86. The summed E-state index contributed by atoms with van der Waals surface area (Å²) in [6, 6.07) is 8.66. The molecule has 0 spiro atoms. The van der Waals surface area contributed by atoms with E-state index in [0.717, 1.165) is 23.1 Å². The summed E-state index contributed by atoms with van der Waals surface area (Å²) >= 11 is 5.37. The lowest BCUT2D eigenvalue weighted by Gasteiger charge is -2.14. The van der Waals surface area contributed by atoms with Crippen LogP contribution in [0.3, 0.4) is 0 Å². The van der Waals surface area contributed by atoms with Gasteiger partial charge in [-0.15, -0.1) is 11.8 Å². The summed E-state index contributed by atoms with van der Waals surface area (Å²) in [6.07, 6.45) is 2.28. The van der Waals surface area contributed by atoms with Crippen molar-refractivity contribution in [2.75, 3.05) is 5.75 Å². The van der Waals surface area contributed by atoms with Crippen LogP contribution in [0.2, 0.25) is 0 Å². The number of hydrogen-bond acceptors (Lipinski definition) is 3. The average molecular weight is 289 g/mol. The van der Waals surface area contributed by atoms with Crippen LogP contribution in [0.25, 0.3) is 0 Å². The Morgan fingerprint density at radius 3 is 2.80 bits per heavy atom. The molecule has 15 heavy (non-hydrogen) atoms. The van der Waals surface area contributed by atoms with E-state index < -0.39 is 0 Å². The van der Waals surface area contributed by atoms with Crippen molar-refractivity contribution in [2.24, 2.45) is 5.84 Å². The zero-order valence-corrected chi connectivity index (χ0v) is 11.3. The van der Waals surface area contributed by atoms with Crippen molar-refractivity contribution >= 4 is 27.7 Å². The molecule has 0 aromatic heterocycles. The van der Waals surface area contributed by atoms with Gasteiger partial charge in [0.15, 0.2) is 0 Å². The minimum Gasteiger partial charge on any atom is -0.271 e. The molecule has 0 aliphatic rings. The number of rotatable bonds is 6. The molecule has 0 amide bonds. The van der Waals surface area contributed by atoms with Gasteiger partial charge in [-0.1, -0.05) is 25.5 Å². The van der Waals surface area contributed by atoms with Gasteiger partial charge >= 0.3 is 0 Å². The molecule has 1 rings (SSSR count). The highest BCUT2D eigenvalue weighted by Crippen LogP contribution is 2.27. The molecule has 0 radical (unpaired) electrons. The predicted molar refractivity (Wildman–Crippen MR) is 70.9 cm³/mol. The zero-order valence-electron chi connectivity index (χ0n) is 8.87. The Kier molecular flexibility index (Phi) is 6.32. The van der Waals surface area contributed by atoms with Crippen LogP contribution in [-0.4, -0.2) is 11.8 Å². The maximum absolute atomic E-state index is 5.49. The second kappa shape index (κ2) is 7.28. The first kappa shape index (κ1) is 13.0. The fourth-order valence-corrected chi connectivity index (χ4v) is 2.97. The summed E-state index contributed by atoms with van der Waals surface area (Å²) in [5.74, 6) is 6.49. The number of halogens is 1. The van der Waals surface area contributed by atoms with Crippen LogP contribution in [0, 0.1) is 0 Å². The van der Waals surface area contributed by atoms with Crippen LogP contribution in [-0.2, 0) is 0 Å². The second-order valence-electron chi connectivity index (χ2n) is 3.39. The number of nitrogens with one attached hydrogen (secondary N) is 1. The fraction of sp³-hybridized carbons (Fsp3) is 0.455. The molecule has 0 saturated heterocycles. The van der Waals surface area contributed by atoms with Gasteiger partial charge in [-0.2, -0.15) is 0 Å². The fourth-order valence-electron chi connectivity index (χ4n) is 1.32. The van der Waals surface area contributed by atoms with Gasteiger partial charge in [0.1, 0.15) is 0 Å². The van der Waals surface area contributed by atoms with Gasteiger partial charge in [-0.3, -0.25) is 11.3 Å². The highest BCUT2D eigenvalue weighted by Gasteiger charge is 2.07. The number of hydrogen-bond donors (Lipinski definition) is 2. The van der Waals surface area contributed by atoms with Crippen LogP contribution >= 0.6 is 27.7 Å².